The highest BCUT2D eigenvalue weighted by atomic mass is 16.5. The van der Waals surface area contributed by atoms with Gasteiger partial charge in [0.05, 0.1) is 31.3 Å². The van der Waals surface area contributed by atoms with Crippen LogP contribution >= 0.6 is 0 Å². The van der Waals surface area contributed by atoms with Gasteiger partial charge in [-0.2, -0.15) is 4.98 Å². The predicted molar refractivity (Wildman–Crippen MR) is 142 cm³/mol. The van der Waals surface area contributed by atoms with Crippen LogP contribution in [-0.2, 0) is 6.54 Å². The van der Waals surface area contributed by atoms with Crippen LogP contribution in [0.25, 0.3) is 16.9 Å². The van der Waals surface area contributed by atoms with Crippen LogP contribution in [0.15, 0.2) is 85.3 Å². The molecule has 0 aliphatic rings. The lowest BCUT2D eigenvalue weighted by Gasteiger charge is -2.14. The number of methoxy groups -OCH3 is 2. The molecule has 0 aliphatic heterocycles. The third-order valence-electron chi connectivity index (χ3n) is 5.99. The van der Waals surface area contributed by atoms with Gasteiger partial charge in [0.1, 0.15) is 23.6 Å². The fourth-order valence-electron chi connectivity index (χ4n) is 4.05. The van der Waals surface area contributed by atoms with Crippen molar-refractivity contribution in [1.82, 2.24) is 19.5 Å². The number of nitrogens with one attached hydrogen (secondary N) is 2. The lowest BCUT2D eigenvalue weighted by molar-refractivity contribution is 0.393. The van der Waals surface area contributed by atoms with Crippen LogP contribution in [-0.4, -0.2) is 33.7 Å². The molecule has 8 nitrogen and oxygen atoms in total. The van der Waals surface area contributed by atoms with Crippen LogP contribution in [0.5, 0.6) is 11.5 Å². The summed E-state index contributed by atoms with van der Waals surface area (Å²) in [6.45, 7) is 2.72. The first kappa shape index (κ1) is 23.2. The molecule has 5 aromatic rings. The molecular weight excluding hydrogens is 452 g/mol. The average molecular weight is 481 g/mol. The summed E-state index contributed by atoms with van der Waals surface area (Å²) in [5.74, 6) is 2.84. The van der Waals surface area contributed by atoms with Crippen LogP contribution in [0, 0.1) is 0 Å². The highest BCUT2D eigenvalue weighted by molar-refractivity contribution is 5.81. The molecule has 2 N–H and O–H groups in total. The van der Waals surface area contributed by atoms with Gasteiger partial charge in [0.25, 0.3) is 0 Å². The Morgan fingerprint density at radius 1 is 0.889 bits per heavy atom. The zero-order valence-electron chi connectivity index (χ0n) is 20.5. The number of rotatable bonds is 9. The summed E-state index contributed by atoms with van der Waals surface area (Å²) in [7, 11) is 3.30. The summed E-state index contributed by atoms with van der Waals surface area (Å²) in [5, 5.41) is 6.84. The van der Waals surface area contributed by atoms with Crippen LogP contribution < -0.4 is 20.1 Å². The highest BCUT2D eigenvalue weighted by Gasteiger charge is 2.11. The molecule has 0 unspecified atom stereocenters. The van der Waals surface area contributed by atoms with Crippen molar-refractivity contribution in [2.24, 2.45) is 0 Å². The van der Waals surface area contributed by atoms with Gasteiger partial charge < -0.3 is 20.1 Å². The Balaban J connectivity index is 1.33. The molecule has 36 heavy (non-hydrogen) atoms. The van der Waals surface area contributed by atoms with Gasteiger partial charge in [0.15, 0.2) is 0 Å². The second kappa shape index (κ2) is 10.4. The number of aromatic nitrogens is 4. The minimum atomic E-state index is 0.0826. The van der Waals surface area contributed by atoms with Gasteiger partial charge in [-0.15, -0.1) is 0 Å². The van der Waals surface area contributed by atoms with Crippen molar-refractivity contribution in [3.05, 3.63) is 96.4 Å². The topological polar surface area (TPSA) is 86.1 Å². The first-order chi connectivity index (χ1) is 17.6. The largest absolute Gasteiger partial charge is 0.497 e. The third-order valence-corrected chi connectivity index (χ3v) is 5.99. The Morgan fingerprint density at radius 3 is 2.42 bits per heavy atom. The quantitative estimate of drug-likeness (QED) is 0.283. The molecule has 0 bridgehead atoms. The molecule has 5 rings (SSSR count). The number of imidazole rings is 1. The molecule has 0 amide bonds. The predicted octanol–water partition coefficient (Wildman–Crippen LogP) is 5.62. The van der Waals surface area contributed by atoms with E-state index >= 15 is 0 Å². The first-order valence-corrected chi connectivity index (χ1v) is 11.7. The monoisotopic (exact) mass is 480 g/mol. The maximum atomic E-state index is 5.37. The van der Waals surface area contributed by atoms with Crippen molar-refractivity contribution in [3.63, 3.8) is 0 Å². The minimum Gasteiger partial charge on any atom is -0.497 e. The number of hydrogen-bond acceptors (Lipinski definition) is 7. The number of benzene rings is 3. The minimum absolute atomic E-state index is 0.0826. The number of ether oxygens (including phenoxy) is 2. The standard InChI is InChI=1S/C28H28N6O2/c1-19(21-7-5-4-6-8-21)32-28-29-12-11-27(33-28)34-18-31-25-15-22(9-10-26(25)34)30-17-20-13-23(35-2)16-24(14-20)36-3/h4-16,18-19,30H,17H2,1-3H3,(H,29,32,33)/t19-/m0/s1. The molecule has 3 aromatic carbocycles. The Morgan fingerprint density at radius 2 is 1.67 bits per heavy atom. The van der Waals surface area contributed by atoms with Gasteiger partial charge in [-0.05, 0) is 54.4 Å². The molecule has 0 fully saturated rings. The summed E-state index contributed by atoms with van der Waals surface area (Å²) in [6, 6.07) is 24.1. The summed E-state index contributed by atoms with van der Waals surface area (Å²) in [6.07, 6.45) is 3.54. The lowest BCUT2D eigenvalue weighted by atomic mass is 10.1. The van der Waals surface area contributed by atoms with Crippen LogP contribution in [0.3, 0.4) is 0 Å². The van der Waals surface area contributed by atoms with Crippen LogP contribution in [0.4, 0.5) is 11.6 Å². The zero-order valence-corrected chi connectivity index (χ0v) is 20.5. The van der Waals surface area contributed by atoms with Crippen molar-refractivity contribution < 1.29 is 9.47 Å². The number of hydrogen-bond donors (Lipinski definition) is 2. The molecule has 0 spiro atoms. The average Bonchev–Trinajstić information content (AvgIpc) is 3.35. The van der Waals surface area contributed by atoms with E-state index in [1.165, 1.54) is 5.56 Å². The summed E-state index contributed by atoms with van der Waals surface area (Å²) >= 11 is 0. The van der Waals surface area contributed by atoms with E-state index in [1.54, 1.807) is 26.7 Å². The number of fused-ring (bicyclic) bond motifs is 1. The van der Waals surface area contributed by atoms with Crippen molar-refractivity contribution >= 4 is 22.7 Å². The first-order valence-electron chi connectivity index (χ1n) is 11.7. The number of nitrogens with zero attached hydrogens (tertiary/aromatic N) is 4. The van der Waals surface area contributed by atoms with Crippen LogP contribution in [0.2, 0.25) is 0 Å². The fourth-order valence-corrected chi connectivity index (χ4v) is 4.05. The van der Waals surface area contributed by atoms with E-state index in [-0.39, 0.29) is 6.04 Å². The summed E-state index contributed by atoms with van der Waals surface area (Å²) < 4.78 is 12.7. The number of anilines is 2. The third kappa shape index (κ3) is 5.07. The second-order valence-electron chi connectivity index (χ2n) is 8.41. The van der Waals surface area contributed by atoms with E-state index in [4.69, 9.17) is 14.5 Å². The molecule has 0 aliphatic carbocycles. The molecule has 1 atom stereocenters. The SMILES string of the molecule is COc1cc(CNc2ccc3c(c2)ncn3-c2ccnc(N[C@@H](C)c3ccccc3)n2)cc(OC)c1. The molecular formula is C28H28N6O2. The van der Waals surface area contributed by atoms with E-state index in [2.05, 4.69) is 39.7 Å². The van der Waals surface area contributed by atoms with Gasteiger partial charge in [-0.1, -0.05) is 30.3 Å². The summed E-state index contributed by atoms with van der Waals surface area (Å²) in [5.41, 5.74) is 5.03. The summed E-state index contributed by atoms with van der Waals surface area (Å²) in [4.78, 5) is 13.7. The van der Waals surface area contributed by atoms with Crippen molar-refractivity contribution in [2.45, 2.75) is 19.5 Å². The normalized spacial score (nSPS) is 11.8. The molecule has 2 aromatic heterocycles. The maximum absolute atomic E-state index is 5.37. The second-order valence-corrected chi connectivity index (χ2v) is 8.41. The van der Waals surface area contributed by atoms with Crippen molar-refractivity contribution in [2.75, 3.05) is 24.9 Å². The maximum Gasteiger partial charge on any atom is 0.225 e. The van der Waals surface area contributed by atoms with E-state index in [0.717, 1.165) is 39.6 Å². The molecule has 2 heterocycles. The van der Waals surface area contributed by atoms with E-state index in [1.807, 2.05) is 65.2 Å². The van der Waals surface area contributed by atoms with Crippen molar-refractivity contribution in [3.8, 4) is 17.3 Å². The van der Waals surface area contributed by atoms with Gasteiger partial charge in [-0.3, -0.25) is 4.57 Å². The molecule has 0 saturated heterocycles. The fraction of sp³-hybridized carbons (Fsp3) is 0.179. The molecule has 0 saturated carbocycles. The Hall–Kier alpha value is -4.59. The van der Waals surface area contributed by atoms with Gasteiger partial charge in [-0.25, -0.2) is 9.97 Å². The molecule has 8 heteroatoms. The van der Waals surface area contributed by atoms with Gasteiger partial charge >= 0.3 is 0 Å². The molecule has 182 valence electrons. The van der Waals surface area contributed by atoms with E-state index in [9.17, 15) is 0 Å². The Labute approximate surface area is 210 Å². The van der Waals surface area contributed by atoms with Crippen molar-refractivity contribution in [1.29, 1.82) is 0 Å². The molecule has 0 radical (unpaired) electrons. The smallest absolute Gasteiger partial charge is 0.225 e. The van der Waals surface area contributed by atoms with Crippen LogP contribution in [0.1, 0.15) is 24.1 Å². The van der Waals surface area contributed by atoms with E-state index in [0.29, 0.717) is 12.5 Å². The highest BCUT2D eigenvalue weighted by Crippen LogP contribution is 2.25. The lowest BCUT2D eigenvalue weighted by Crippen LogP contribution is -2.10. The van der Waals surface area contributed by atoms with Gasteiger partial charge in [0, 0.05) is 24.5 Å². The Kier molecular flexibility index (Phi) is 6.66. The van der Waals surface area contributed by atoms with E-state index < -0.39 is 0 Å². The van der Waals surface area contributed by atoms with Gasteiger partial charge in [0.2, 0.25) is 5.95 Å². The Bertz CT molecular complexity index is 1450. The zero-order chi connectivity index (χ0) is 24.9.